The number of carbonyl (C=O) groups is 1. The standard InChI is InChI=1S/C11H16N2O4S/c14-11(13-7-10-2-1-4-17-10)12-6-9-3-5-18(15,16)8-9/h1-2,4,9H,3,5-8H2,(H2,12,13,14)/t9-/m0/s1. The van der Waals surface area contributed by atoms with Crippen LogP contribution in [-0.4, -0.2) is 32.5 Å². The quantitative estimate of drug-likeness (QED) is 0.836. The van der Waals surface area contributed by atoms with E-state index in [2.05, 4.69) is 10.6 Å². The van der Waals surface area contributed by atoms with E-state index in [-0.39, 0.29) is 23.5 Å². The Morgan fingerprint density at radius 2 is 2.28 bits per heavy atom. The summed E-state index contributed by atoms with van der Waals surface area (Å²) in [5.74, 6) is 1.11. The maximum absolute atomic E-state index is 11.4. The summed E-state index contributed by atoms with van der Waals surface area (Å²) in [5, 5.41) is 5.31. The van der Waals surface area contributed by atoms with Crippen LogP contribution in [-0.2, 0) is 16.4 Å². The molecule has 2 N–H and O–H groups in total. The molecular weight excluding hydrogens is 256 g/mol. The highest BCUT2D eigenvalue weighted by molar-refractivity contribution is 7.91. The molecule has 18 heavy (non-hydrogen) atoms. The van der Waals surface area contributed by atoms with Crippen molar-refractivity contribution in [1.29, 1.82) is 0 Å². The summed E-state index contributed by atoms with van der Waals surface area (Å²) >= 11 is 0. The van der Waals surface area contributed by atoms with E-state index in [1.807, 2.05) is 0 Å². The van der Waals surface area contributed by atoms with Crippen LogP contribution in [0, 0.1) is 5.92 Å². The van der Waals surface area contributed by atoms with Gasteiger partial charge in [-0.1, -0.05) is 0 Å². The van der Waals surface area contributed by atoms with Crippen LogP contribution in [0.2, 0.25) is 0 Å². The minimum atomic E-state index is -2.88. The third-order valence-electron chi connectivity index (χ3n) is 2.88. The molecule has 1 aliphatic heterocycles. The average Bonchev–Trinajstić information content (AvgIpc) is 2.93. The number of nitrogens with one attached hydrogen (secondary N) is 2. The largest absolute Gasteiger partial charge is 0.467 e. The van der Waals surface area contributed by atoms with Crippen LogP contribution in [0.15, 0.2) is 22.8 Å². The van der Waals surface area contributed by atoms with Crippen molar-refractivity contribution in [3.8, 4) is 0 Å². The van der Waals surface area contributed by atoms with E-state index in [1.54, 1.807) is 12.1 Å². The molecule has 100 valence electrons. The Balaban J connectivity index is 1.66. The van der Waals surface area contributed by atoms with Crippen LogP contribution in [0.4, 0.5) is 4.79 Å². The predicted molar refractivity (Wildman–Crippen MR) is 65.7 cm³/mol. The molecule has 1 aromatic heterocycles. The predicted octanol–water partition coefficient (Wildman–Crippen LogP) is 0.514. The van der Waals surface area contributed by atoms with Gasteiger partial charge < -0.3 is 15.1 Å². The van der Waals surface area contributed by atoms with E-state index < -0.39 is 9.84 Å². The molecule has 2 rings (SSSR count). The molecule has 1 aliphatic rings. The molecule has 0 aliphatic carbocycles. The van der Waals surface area contributed by atoms with E-state index in [0.717, 1.165) is 0 Å². The SMILES string of the molecule is O=C(NCc1ccco1)NC[C@@H]1CCS(=O)(=O)C1. The van der Waals surface area contributed by atoms with Crippen molar-refractivity contribution >= 4 is 15.9 Å². The number of hydrogen-bond donors (Lipinski definition) is 2. The van der Waals surface area contributed by atoms with Gasteiger partial charge in [-0.3, -0.25) is 0 Å². The first kappa shape index (κ1) is 12.9. The zero-order valence-corrected chi connectivity index (χ0v) is 10.7. The van der Waals surface area contributed by atoms with E-state index in [0.29, 0.717) is 25.3 Å². The van der Waals surface area contributed by atoms with Crippen molar-refractivity contribution in [2.45, 2.75) is 13.0 Å². The first-order chi connectivity index (χ1) is 8.55. The first-order valence-corrected chi connectivity index (χ1v) is 7.62. The lowest BCUT2D eigenvalue weighted by Crippen LogP contribution is -2.38. The van der Waals surface area contributed by atoms with E-state index >= 15 is 0 Å². The number of hydrogen-bond acceptors (Lipinski definition) is 4. The van der Waals surface area contributed by atoms with Crippen LogP contribution in [0.3, 0.4) is 0 Å². The molecule has 0 bridgehead atoms. The van der Waals surface area contributed by atoms with Gasteiger partial charge in [-0.05, 0) is 24.5 Å². The second-order valence-electron chi connectivity index (χ2n) is 4.41. The Bertz CT molecular complexity index is 495. The van der Waals surface area contributed by atoms with Crippen molar-refractivity contribution in [3.05, 3.63) is 24.2 Å². The molecule has 1 saturated heterocycles. The summed E-state index contributed by atoms with van der Waals surface area (Å²) in [7, 11) is -2.88. The fraction of sp³-hybridized carbons (Fsp3) is 0.545. The summed E-state index contributed by atoms with van der Waals surface area (Å²) in [6.45, 7) is 0.713. The van der Waals surface area contributed by atoms with Crippen LogP contribution in [0.1, 0.15) is 12.2 Å². The van der Waals surface area contributed by atoms with Crippen molar-refractivity contribution in [2.75, 3.05) is 18.1 Å². The fourth-order valence-electron chi connectivity index (χ4n) is 1.91. The number of rotatable bonds is 4. The van der Waals surface area contributed by atoms with Crippen molar-refractivity contribution in [2.24, 2.45) is 5.92 Å². The highest BCUT2D eigenvalue weighted by Crippen LogP contribution is 2.17. The average molecular weight is 272 g/mol. The molecule has 1 fully saturated rings. The van der Waals surface area contributed by atoms with Crippen molar-refractivity contribution < 1.29 is 17.6 Å². The van der Waals surface area contributed by atoms with Crippen molar-refractivity contribution in [3.63, 3.8) is 0 Å². The fourth-order valence-corrected chi connectivity index (χ4v) is 3.77. The molecule has 0 aromatic carbocycles. The normalized spacial score (nSPS) is 21.7. The summed E-state index contributed by atoms with van der Waals surface area (Å²) in [6.07, 6.45) is 2.17. The summed E-state index contributed by atoms with van der Waals surface area (Å²) in [4.78, 5) is 11.4. The molecule has 7 heteroatoms. The number of sulfone groups is 1. The van der Waals surface area contributed by atoms with Gasteiger partial charge in [0, 0.05) is 6.54 Å². The number of furan rings is 1. The highest BCUT2D eigenvalue weighted by atomic mass is 32.2. The number of carbonyl (C=O) groups excluding carboxylic acids is 1. The molecule has 0 saturated carbocycles. The van der Waals surface area contributed by atoms with Gasteiger partial charge in [0.15, 0.2) is 9.84 Å². The molecule has 1 atom stereocenters. The summed E-state index contributed by atoms with van der Waals surface area (Å²) < 4.78 is 27.5. The lowest BCUT2D eigenvalue weighted by molar-refractivity contribution is 0.238. The first-order valence-electron chi connectivity index (χ1n) is 5.80. The summed E-state index contributed by atoms with van der Waals surface area (Å²) in [6, 6.07) is 3.21. The van der Waals surface area contributed by atoms with Gasteiger partial charge in [-0.2, -0.15) is 0 Å². The molecule has 0 radical (unpaired) electrons. The molecule has 0 spiro atoms. The topological polar surface area (TPSA) is 88.4 Å². The lowest BCUT2D eigenvalue weighted by Gasteiger charge is -2.10. The van der Waals surface area contributed by atoms with Gasteiger partial charge in [0.1, 0.15) is 5.76 Å². The zero-order chi connectivity index (χ0) is 13.0. The minimum absolute atomic E-state index is 0.0318. The van der Waals surface area contributed by atoms with Gasteiger partial charge >= 0.3 is 6.03 Å². The van der Waals surface area contributed by atoms with Crippen LogP contribution in [0.25, 0.3) is 0 Å². The molecule has 2 amide bonds. The second-order valence-corrected chi connectivity index (χ2v) is 6.64. The molecule has 1 aromatic rings. The summed E-state index contributed by atoms with van der Waals surface area (Å²) in [5.41, 5.74) is 0. The molecule has 2 heterocycles. The third-order valence-corrected chi connectivity index (χ3v) is 4.72. The highest BCUT2D eigenvalue weighted by Gasteiger charge is 2.27. The Labute approximate surface area is 106 Å². The van der Waals surface area contributed by atoms with Gasteiger partial charge in [0.05, 0.1) is 24.3 Å². The lowest BCUT2D eigenvalue weighted by atomic mass is 10.1. The Morgan fingerprint density at radius 3 is 2.89 bits per heavy atom. The number of amides is 2. The van der Waals surface area contributed by atoms with Crippen molar-refractivity contribution in [1.82, 2.24) is 10.6 Å². The third kappa shape index (κ3) is 3.76. The van der Waals surface area contributed by atoms with Gasteiger partial charge in [-0.15, -0.1) is 0 Å². The van der Waals surface area contributed by atoms with Gasteiger partial charge in [0.2, 0.25) is 0 Å². The zero-order valence-electron chi connectivity index (χ0n) is 9.89. The second kappa shape index (κ2) is 5.43. The smallest absolute Gasteiger partial charge is 0.315 e. The van der Waals surface area contributed by atoms with Crippen LogP contribution in [0.5, 0.6) is 0 Å². The monoisotopic (exact) mass is 272 g/mol. The maximum atomic E-state index is 11.4. The molecular formula is C11H16N2O4S. The van der Waals surface area contributed by atoms with Crippen LogP contribution >= 0.6 is 0 Å². The van der Waals surface area contributed by atoms with Gasteiger partial charge in [0.25, 0.3) is 0 Å². The Hall–Kier alpha value is -1.50. The van der Waals surface area contributed by atoms with E-state index in [9.17, 15) is 13.2 Å². The Kier molecular flexibility index (Phi) is 3.90. The minimum Gasteiger partial charge on any atom is -0.467 e. The number of urea groups is 1. The van der Waals surface area contributed by atoms with Gasteiger partial charge in [-0.25, -0.2) is 13.2 Å². The van der Waals surface area contributed by atoms with Crippen LogP contribution < -0.4 is 10.6 Å². The molecule has 0 unspecified atom stereocenters. The molecule has 6 nitrogen and oxygen atoms in total. The maximum Gasteiger partial charge on any atom is 0.315 e. The van der Waals surface area contributed by atoms with E-state index in [4.69, 9.17) is 4.42 Å². The Morgan fingerprint density at radius 1 is 1.44 bits per heavy atom. The van der Waals surface area contributed by atoms with E-state index in [1.165, 1.54) is 6.26 Å².